The number of hydrogen-bond acceptors (Lipinski definition) is 5. The van der Waals surface area contributed by atoms with Crippen LogP contribution in [-0.4, -0.2) is 27.5 Å². The van der Waals surface area contributed by atoms with Crippen molar-refractivity contribution in [3.63, 3.8) is 0 Å². The van der Waals surface area contributed by atoms with Crippen molar-refractivity contribution in [3.05, 3.63) is 54.1 Å². The topological polar surface area (TPSA) is 96.2 Å². The van der Waals surface area contributed by atoms with Crippen LogP contribution in [-0.2, 0) is 16.6 Å². The first kappa shape index (κ1) is 20.6. The van der Waals surface area contributed by atoms with E-state index in [2.05, 4.69) is 15.4 Å². The van der Waals surface area contributed by atoms with E-state index >= 15 is 0 Å². The summed E-state index contributed by atoms with van der Waals surface area (Å²) < 4.78 is 27.5. The van der Waals surface area contributed by atoms with Gasteiger partial charge in [-0.2, -0.15) is 0 Å². The maximum absolute atomic E-state index is 12.5. The molecule has 1 aliphatic rings. The second-order valence-corrected chi connectivity index (χ2v) is 8.98. The van der Waals surface area contributed by atoms with Crippen LogP contribution in [0.2, 0.25) is 0 Å². The predicted molar refractivity (Wildman–Crippen MR) is 115 cm³/mol. The summed E-state index contributed by atoms with van der Waals surface area (Å²) in [5.41, 5.74) is 8.32. The van der Waals surface area contributed by atoms with E-state index in [4.69, 9.17) is 5.73 Å². The molecule has 1 saturated carbocycles. The van der Waals surface area contributed by atoms with Gasteiger partial charge in [0, 0.05) is 25.7 Å². The second kappa shape index (κ2) is 9.91. The van der Waals surface area contributed by atoms with Crippen LogP contribution in [0.4, 0.5) is 11.4 Å². The lowest BCUT2D eigenvalue weighted by molar-refractivity contribution is 0.463. The minimum absolute atomic E-state index is 0.219. The molecule has 152 valence electrons. The molecule has 0 radical (unpaired) electrons. The molecular weight excluding hydrogens is 372 g/mol. The molecule has 0 spiro atoms. The highest BCUT2D eigenvalue weighted by Gasteiger charge is 2.18. The third kappa shape index (κ3) is 5.70. The molecule has 0 bridgehead atoms. The number of nitrogens with two attached hydrogens (primary N) is 1. The Hall–Kier alpha value is -2.09. The minimum atomic E-state index is -3.58. The van der Waals surface area contributed by atoms with Gasteiger partial charge in [-0.1, -0.05) is 49.6 Å². The fourth-order valence-corrected chi connectivity index (χ4v) is 4.57. The van der Waals surface area contributed by atoms with E-state index < -0.39 is 10.0 Å². The lowest BCUT2D eigenvalue weighted by Gasteiger charge is -2.25. The molecule has 0 aliphatic heterocycles. The van der Waals surface area contributed by atoms with Crippen molar-refractivity contribution in [1.82, 2.24) is 4.72 Å². The quantitative estimate of drug-likeness (QED) is 0.516. The molecule has 3 rings (SSSR count). The number of anilines is 2. The van der Waals surface area contributed by atoms with Crippen LogP contribution >= 0.6 is 0 Å². The van der Waals surface area contributed by atoms with Crippen LogP contribution in [0.25, 0.3) is 0 Å². The largest absolute Gasteiger partial charge is 0.381 e. The van der Waals surface area contributed by atoms with Gasteiger partial charge in [-0.15, -0.1) is 0 Å². The maximum atomic E-state index is 12.5. The fourth-order valence-electron chi connectivity index (χ4n) is 3.50. The molecule has 5 N–H and O–H groups in total. The molecule has 28 heavy (non-hydrogen) atoms. The number of sulfonamides is 1. The number of rotatable bonds is 9. The molecular formula is C21H30N4O2S. The van der Waals surface area contributed by atoms with Gasteiger partial charge in [0.2, 0.25) is 10.0 Å². The smallest absolute Gasteiger partial charge is 0.240 e. The highest BCUT2D eigenvalue weighted by atomic mass is 32.2. The highest BCUT2D eigenvalue weighted by molar-refractivity contribution is 7.89. The van der Waals surface area contributed by atoms with Gasteiger partial charge in [-0.25, -0.2) is 13.1 Å². The monoisotopic (exact) mass is 402 g/mol. The summed E-state index contributed by atoms with van der Waals surface area (Å²) in [4.78, 5) is 0.241. The molecule has 0 heterocycles. The van der Waals surface area contributed by atoms with Gasteiger partial charge in [0.25, 0.3) is 0 Å². The summed E-state index contributed by atoms with van der Waals surface area (Å²) >= 11 is 0. The Morgan fingerprint density at radius 3 is 2.43 bits per heavy atom. The van der Waals surface area contributed by atoms with Gasteiger partial charge in [0.05, 0.1) is 16.3 Å². The lowest BCUT2D eigenvalue weighted by Crippen LogP contribution is -2.29. The van der Waals surface area contributed by atoms with Crippen molar-refractivity contribution in [2.75, 3.05) is 23.7 Å². The van der Waals surface area contributed by atoms with Crippen molar-refractivity contribution < 1.29 is 8.42 Å². The van der Waals surface area contributed by atoms with Gasteiger partial charge in [0.15, 0.2) is 0 Å². The molecule has 0 atom stereocenters. The van der Waals surface area contributed by atoms with E-state index in [0.717, 1.165) is 29.8 Å². The van der Waals surface area contributed by atoms with Crippen LogP contribution in [0.1, 0.15) is 37.7 Å². The molecule has 1 fully saturated rings. The second-order valence-electron chi connectivity index (χ2n) is 7.21. The first-order chi connectivity index (χ1) is 13.6. The summed E-state index contributed by atoms with van der Waals surface area (Å²) in [6.45, 7) is 1.11. The number of benzene rings is 2. The van der Waals surface area contributed by atoms with Crippen LogP contribution < -0.4 is 21.1 Å². The third-order valence-corrected chi connectivity index (χ3v) is 6.49. The fraction of sp³-hybridized carbons (Fsp3) is 0.429. The molecule has 0 saturated heterocycles. The van der Waals surface area contributed by atoms with Gasteiger partial charge in [0.1, 0.15) is 0 Å². The van der Waals surface area contributed by atoms with E-state index in [0.29, 0.717) is 12.6 Å². The average molecular weight is 403 g/mol. The molecule has 7 heteroatoms. The van der Waals surface area contributed by atoms with E-state index in [9.17, 15) is 8.42 Å². The first-order valence-electron chi connectivity index (χ1n) is 9.96. The third-order valence-electron chi connectivity index (χ3n) is 5.03. The standard InChI is InChI=1S/C21H30N4O2S/c22-13-14-24-28(26,27)19-11-12-20(25-18-9-5-2-6-10-18)21(15-19)23-16-17-7-3-1-4-8-17/h1,3-4,7-8,11-12,15,18,23-25H,2,5-6,9-10,13-14,16,22H2. The molecule has 0 unspecified atom stereocenters. The Labute approximate surface area is 168 Å². The van der Waals surface area contributed by atoms with Crippen LogP contribution in [0.15, 0.2) is 53.4 Å². The van der Waals surface area contributed by atoms with Gasteiger partial charge < -0.3 is 16.4 Å². The number of hydrogen-bond donors (Lipinski definition) is 4. The molecule has 1 aliphatic carbocycles. The van der Waals surface area contributed by atoms with Crippen molar-refractivity contribution in [2.45, 2.75) is 49.6 Å². The minimum Gasteiger partial charge on any atom is -0.381 e. The summed E-state index contributed by atoms with van der Waals surface area (Å²) in [5.74, 6) is 0. The SMILES string of the molecule is NCCNS(=O)(=O)c1ccc(NC2CCCCC2)c(NCc2ccccc2)c1. The Balaban J connectivity index is 1.82. The Morgan fingerprint density at radius 2 is 1.71 bits per heavy atom. The molecule has 0 aromatic heterocycles. The van der Waals surface area contributed by atoms with Crippen LogP contribution in [0.5, 0.6) is 0 Å². The summed E-state index contributed by atoms with van der Waals surface area (Å²) in [6.07, 6.45) is 6.06. The summed E-state index contributed by atoms with van der Waals surface area (Å²) in [6, 6.07) is 15.7. The van der Waals surface area contributed by atoms with Gasteiger partial charge in [-0.3, -0.25) is 0 Å². The molecule has 6 nitrogen and oxygen atoms in total. The van der Waals surface area contributed by atoms with Crippen molar-refractivity contribution in [3.8, 4) is 0 Å². The Bertz CT molecular complexity index is 850. The van der Waals surface area contributed by atoms with Gasteiger partial charge in [-0.05, 0) is 36.6 Å². The Kier molecular flexibility index (Phi) is 7.30. The summed E-state index contributed by atoms with van der Waals surface area (Å²) in [5, 5.41) is 7.02. The first-order valence-corrected chi connectivity index (χ1v) is 11.4. The zero-order valence-electron chi connectivity index (χ0n) is 16.2. The zero-order chi connectivity index (χ0) is 19.8. The average Bonchev–Trinajstić information content (AvgIpc) is 2.73. The van der Waals surface area contributed by atoms with E-state index in [1.807, 2.05) is 36.4 Å². The van der Waals surface area contributed by atoms with Crippen LogP contribution in [0.3, 0.4) is 0 Å². The van der Waals surface area contributed by atoms with E-state index in [1.54, 1.807) is 12.1 Å². The molecule has 0 amide bonds. The van der Waals surface area contributed by atoms with Crippen molar-refractivity contribution >= 4 is 21.4 Å². The molecule has 2 aromatic rings. The lowest BCUT2D eigenvalue weighted by atomic mass is 9.95. The van der Waals surface area contributed by atoms with E-state index in [-0.39, 0.29) is 18.0 Å². The highest BCUT2D eigenvalue weighted by Crippen LogP contribution is 2.29. The summed E-state index contributed by atoms with van der Waals surface area (Å²) in [7, 11) is -3.58. The maximum Gasteiger partial charge on any atom is 0.240 e. The predicted octanol–water partition coefficient (Wildman–Crippen LogP) is 3.28. The normalized spacial score (nSPS) is 15.3. The van der Waals surface area contributed by atoms with Crippen LogP contribution in [0, 0.1) is 0 Å². The van der Waals surface area contributed by atoms with Crippen molar-refractivity contribution in [1.29, 1.82) is 0 Å². The van der Waals surface area contributed by atoms with E-state index in [1.165, 1.54) is 19.3 Å². The molecule has 2 aromatic carbocycles. The Morgan fingerprint density at radius 1 is 0.964 bits per heavy atom. The zero-order valence-corrected chi connectivity index (χ0v) is 17.0. The van der Waals surface area contributed by atoms with Crippen molar-refractivity contribution in [2.24, 2.45) is 5.73 Å². The number of nitrogens with one attached hydrogen (secondary N) is 3. The van der Waals surface area contributed by atoms with Gasteiger partial charge >= 0.3 is 0 Å².